The van der Waals surface area contributed by atoms with Crippen LogP contribution in [-0.4, -0.2) is 18.7 Å². The molecule has 0 radical (unpaired) electrons. The van der Waals surface area contributed by atoms with E-state index in [-0.39, 0.29) is 5.02 Å². The molecular formula is C20H20Cl2FNO. The molecule has 1 N–H and O–H groups in total. The van der Waals surface area contributed by atoms with Crippen LogP contribution >= 0.6 is 23.2 Å². The fraction of sp³-hybridized carbons (Fsp3) is 0.400. The van der Waals surface area contributed by atoms with Gasteiger partial charge in [0.15, 0.2) is 0 Å². The van der Waals surface area contributed by atoms with Crippen molar-refractivity contribution >= 4 is 23.2 Å². The largest absolute Gasteiger partial charge is 0.492 e. The van der Waals surface area contributed by atoms with E-state index in [1.807, 2.05) is 12.1 Å². The lowest BCUT2D eigenvalue weighted by Gasteiger charge is -2.38. The van der Waals surface area contributed by atoms with Gasteiger partial charge in [-0.3, -0.25) is 0 Å². The quantitative estimate of drug-likeness (QED) is 0.763. The molecule has 5 heteroatoms. The maximum atomic E-state index is 13.6. The molecule has 4 atom stereocenters. The van der Waals surface area contributed by atoms with E-state index in [0.717, 1.165) is 17.9 Å². The zero-order chi connectivity index (χ0) is 17.4. The van der Waals surface area contributed by atoms with Gasteiger partial charge in [-0.1, -0.05) is 41.4 Å². The van der Waals surface area contributed by atoms with Crippen LogP contribution in [0.25, 0.3) is 0 Å². The van der Waals surface area contributed by atoms with Crippen molar-refractivity contribution in [2.24, 2.45) is 5.92 Å². The van der Waals surface area contributed by atoms with E-state index in [1.54, 1.807) is 12.1 Å². The third kappa shape index (κ3) is 3.51. The van der Waals surface area contributed by atoms with Gasteiger partial charge in [-0.15, -0.1) is 0 Å². The SMILES string of the molecule is Fc1cccc(OC[C@@H]2C3CCC(C[C@H]2c2cccc(Cl)c2)N3)c1Cl. The molecule has 0 aromatic heterocycles. The zero-order valence-corrected chi connectivity index (χ0v) is 15.2. The van der Waals surface area contributed by atoms with Crippen LogP contribution in [0.5, 0.6) is 5.75 Å². The van der Waals surface area contributed by atoms with Crippen LogP contribution in [0, 0.1) is 11.7 Å². The Balaban J connectivity index is 1.57. The monoisotopic (exact) mass is 379 g/mol. The number of hydrogen-bond donors (Lipinski definition) is 1. The Hall–Kier alpha value is -1.29. The molecule has 0 saturated carbocycles. The lowest BCUT2D eigenvalue weighted by Crippen LogP contribution is -2.46. The van der Waals surface area contributed by atoms with Gasteiger partial charge in [-0.05, 0) is 55.0 Å². The Kier molecular flexibility index (Phi) is 4.90. The lowest BCUT2D eigenvalue weighted by molar-refractivity contribution is 0.159. The predicted molar refractivity (Wildman–Crippen MR) is 99.2 cm³/mol. The minimum Gasteiger partial charge on any atom is -0.492 e. The second kappa shape index (κ2) is 7.14. The summed E-state index contributed by atoms with van der Waals surface area (Å²) in [7, 11) is 0. The Bertz CT molecular complexity index is 769. The highest BCUT2D eigenvalue weighted by molar-refractivity contribution is 6.32. The zero-order valence-electron chi connectivity index (χ0n) is 13.7. The van der Waals surface area contributed by atoms with E-state index in [9.17, 15) is 4.39 Å². The molecule has 0 spiro atoms. The van der Waals surface area contributed by atoms with E-state index < -0.39 is 5.82 Å². The van der Waals surface area contributed by atoms with Gasteiger partial charge < -0.3 is 10.1 Å². The highest BCUT2D eigenvalue weighted by Crippen LogP contribution is 2.42. The first-order chi connectivity index (χ1) is 12.1. The Morgan fingerprint density at radius 1 is 1.12 bits per heavy atom. The summed E-state index contributed by atoms with van der Waals surface area (Å²) in [4.78, 5) is 0. The molecule has 2 unspecified atom stereocenters. The van der Waals surface area contributed by atoms with Crippen LogP contribution in [0.4, 0.5) is 4.39 Å². The molecule has 2 aliphatic heterocycles. The van der Waals surface area contributed by atoms with Crippen LogP contribution in [0.15, 0.2) is 42.5 Å². The van der Waals surface area contributed by atoms with Crippen molar-refractivity contribution in [3.8, 4) is 5.75 Å². The molecule has 2 fully saturated rings. The van der Waals surface area contributed by atoms with Gasteiger partial charge in [-0.25, -0.2) is 4.39 Å². The number of ether oxygens (including phenoxy) is 1. The average molecular weight is 380 g/mol. The number of halogens is 3. The maximum absolute atomic E-state index is 13.6. The Morgan fingerprint density at radius 2 is 1.96 bits per heavy atom. The number of fused-ring (bicyclic) bond motifs is 2. The van der Waals surface area contributed by atoms with Gasteiger partial charge in [-0.2, -0.15) is 0 Å². The third-order valence-electron chi connectivity index (χ3n) is 5.47. The standard InChI is InChI=1S/C20H20Cl2FNO/c21-13-4-1-3-12(9-13)15-10-14-7-8-18(24-14)16(15)11-25-19-6-2-5-17(23)20(19)22/h1-6,9,14-16,18,24H,7-8,10-11H2/t14?,15-,16-,18?/m0/s1. The highest BCUT2D eigenvalue weighted by Gasteiger charge is 2.42. The molecule has 132 valence electrons. The fourth-order valence-electron chi connectivity index (χ4n) is 4.27. The molecule has 2 bridgehead atoms. The van der Waals surface area contributed by atoms with Gasteiger partial charge >= 0.3 is 0 Å². The summed E-state index contributed by atoms with van der Waals surface area (Å²) < 4.78 is 19.6. The van der Waals surface area contributed by atoms with Crippen molar-refractivity contribution in [1.82, 2.24) is 5.32 Å². The summed E-state index contributed by atoms with van der Waals surface area (Å²) in [5.41, 5.74) is 1.25. The molecule has 2 saturated heterocycles. The first kappa shape index (κ1) is 17.1. The smallest absolute Gasteiger partial charge is 0.145 e. The van der Waals surface area contributed by atoms with Gasteiger partial charge in [0.05, 0.1) is 6.61 Å². The second-order valence-electron chi connectivity index (χ2n) is 6.97. The second-order valence-corrected chi connectivity index (χ2v) is 7.79. The highest BCUT2D eigenvalue weighted by atomic mass is 35.5. The van der Waals surface area contributed by atoms with Crippen molar-refractivity contribution < 1.29 is 9.13 Å². The van der Waals surface area contributed by atoms with E-state index in [1.165, 1.54) is 18.1 Å². The summed E-state index contributed by atoms with van der Waals surface area (Å²) in [6.45, 7) is 0.505. The molecule has 0 amide bonds. The van der Waals surface area contributed by atoms with E-state index in [2.05, 4.69) is 17.4 Å². The Labute approximate surface area is 157 Å². The predicted octanol–water partition coefficient (Wildman–Crippen LogP) is 5.44. The van der Waals surface area contributed by atoms with Crippen molar-refractivity contribution in [2.45, 2.75) is 37.3 Å². The summed E-state index contributed by atoms with van der Waals surface area (Å²) in [6, 6.07) is 13.7. The van der Waals surface area contributed by atoms with E-state index in [0.29, 0.717) is 36.3 Å². The minimum atomic E-state index is -0.451. The number of benzene rings is 2. The summed E-state index contributed by atoms with van der Waals surface area (Å²) in [5, 5.41) is 4.51. The van der Waals surface area contributed by atoms with Crippen molar-refractivity contribution in [1.29, 1.82) is 0 Å². The van der Waals surface area contributed by atoms with Crippen molar-refractivity contribution in [2.75, 3.05) is 6.61 Å². The number of rotatable bonds is 4. The molecular weight excluding hydrogens is 360 g/mol. The van der Waals surface area contributed by atoms with Crippen molar-refractivity contribution in [3.05, 3.63) is 63.9 Å². The topological polar surface area (TPSA) is 21.3 Å². The summed E-state index contributed by atoms with van der Waals surface area (Å²) >= 11 is 12.2. The molecule has 2 aromatic rings. The molecule has 2 heterocycles. The van der Waals surface area contributed by atoms with Gasteiger partial charge in [0.2, 0.25) is 0 Å². The number of hydrogen-bond acceptors (Lipinski definition) is 2. The summed E-state index contributed by atoms with van der Waals surface area (Å²) in [5.74, 6) is 0.640. The lowest BCUT2D eigenvalue weighted by atomic mass is 9.77. The van der Waals surface area contributed by atoms with Crippen LogP contribution in [0.3, 0.4) is 0 Å². The number of nitrogens with one attached hydrogen (secondary N) is 1. The Morgan fingerprint density at radius 3 is 2.80 bits per heavy atom. The van der Waals surface area contributed by atoms with Gasteiger partial charge in [0.1, 0.15) is 16.6 Å². The van der Waals surface area contributed by atoms with Crippen molar-refractivity contribution in [3.63, 3.8) is 0 Å². The molecule has 2 aliphatic rings. The third-order valence-corrected chi connectivity index (χ3v) is 6.07. The first-order valence-electron chi connectivity index (χ1n) is 8.70. The van der Waals surface area contributed by atoms with Gasteiger partial charge in [0, 0.05) is 23.0 Å². The fourth-order valence-corrected chi connectivity index (χ4v) is 4.65. The minimum absolute atomic E-state index is 0.0508. The van der Waals surface area contributed by atoms with E-state index in [4.69, 9.17) is 27.9 Å². The summed E-state index contributed by atoms with van der Waals surface area (Å²) in [6.07, 6.45) is 3.41. The molecule has 4 rings (SSSR count). The molecule has 2 aromatic carbocycles. The maximum Gasteiger partial charge on any atom is 0.145 e. The van der Waals surface area contributed by atoms with Crippen LogP contribution in [0.2, 0.25) is 10.0 Å². The number of piperidine rings is 1. The van der Waals surface area contributed by atoms with Gasteiger partial charge in [0.25, 0.3) is 0 Å². The first-order valence-corrected chi connectivity index (χ1v) is 9.45. The van der Waals surface area contributed by atoms with E-state index >= 15 is 0 Å². The van der Waals surface area contributed by atoms with Crippen LogP contribution in [0.1, 0.15) is 30.7 Å². The molecule has 25 heavy (non-hydrogen) atoms. The molecule has 0 aliphatic carbocycles. The normalized spacial score (nSPS) is 28.1. The molecule has 2 nitrogen and oxygen atoms in total. The van der Waals surface area contributed by atoms with Crippen LogP contribution in [-0.2, 0) is 0 Å². The van der Waals surface area contributed by atoms with Crippen LogP contribution < -0.4 is 10.1 Å². The average Bonchev–Trinajstić information content (AvgIpc) is 2.99.